The number of carbonyl (C=O) groups is 2. The molecule has 0 radical (unpaired) electrons. The molecule has 3 aliphatic heterocycles. The smallest absolute Gasteiger partial charge is 0.256 e. The Bertz CT molecular complexity index is 1960. The molecule has 8 rings (SSSR count). The van der Waals surface area contributed by atoms with E-state index in [9.17, 15) is 14.0 Å². The molecule has 8 bridgehead atoms. The second-order valence-corrected chi connectivity index (χ2v) is 11.0. The normalized spacial score (nSPS) is 16.3. The van der Waals surface area contributed by atoms with Crippen molar-refractivity contribution in [1.29, 1.82) is 0 Å². The highest BCUT2D eigenvalue weighted by molar-refractivity contribution is 5.97. The number of nitrogens with zero attached hydrogens (tertiary/aromatic N) is 4. The topological polar surface area (TPSA) is 108 Å². The molecule has 2 amide bonds. The average molecular weight is 608 g/mol. The van der Waals surface area contributed by atoms with Gasteiger partial charge in [0, 0.05) is 26.3 Å². The molecule has 0 saturated heterocycles. The van der Waals surface area contributed by atoms with Crippen LogP contribution in [0.3, 0.4) is 0 Å². The summed E-state index contributed by atoms with van der Waals surface area (Å²) < 4.78 is 34.1. The highest BCUT2D eigenvalue weighted by atomic mass is 19.1. The van der Waals surface area contributed by atoms with E-state index in [1.807, 2.05) is 54.4 Å². The maximum atomic E-state index is 14.6. The van der Waals surface area contributed by atoms with Crippen molar-refractivity contribution in [3.8, 4) is 23.0 Å². The molecular formula is C34H30FN5O5. The van der Waals surface area contributed by atoms with Gasteiger partial charge in [-0.2, -0.15) is 5.10 Å². The number of ether oxygens (including phenoxy) is 3. The van der Waals surface area contributed by atoms with Crippen molar-refractivity contribution in [3.63, 3.8) is 0 Å². The number of pyridine rings is 1. The van der Waals surface area contributed by atoms with E-state index >= 15 is 0 Å². The van der Waals surface area contributed by atoms with E-state index in [0.717, 1.165) is 22.2 Å². The maximum absolute atomic E-state index is 14.6. The van der Waals surface area contributed by atoms with Crippen LogP contribution in [0.4, 0.5) is 4.39 Å². The highest BCUT2D eigenvalue weighted by Crippen LogP contribution is 2.41. The van der Waals surface area contributed by atoms with Gasteiger partial charge >= 0.3 is 0 Å². The Balaban J connectivity index is 1.33. The molecule has 5 aromatic rings. The largest absolute Gasteiger partial charge is 0.493 e. The fraction of sp³-hybridized carbons (Fsp3) is 0.235. The van der Waals surface area contributed by atoms with Crippen molar-refractivity contribution < 1.29 is 28.2 Å². The summed E-state index contributed by atoms with van der Waals surface area (Å²) in [5.74, 6) is 0.607. The monoisotopic (exact) mass is 607 g/mol. The van der Waals surface area contributed by atoms with Crippen LogP contribution >= 0.6 is 0 Å². The summed E-state index contributed by atoms with van der Waals surface area (Å²) in [6.45, 7) is 0.983. The zero-order valence-electron chi connectivity index (χ0n) is 24.7. The number of aryl methyl sites for hydroxylation is 1. The Morgan fingerprint density at radius 1 is 1.07 bits per heavy atom. The second-order valence-electron chi connectivity index (χ2n) is 11.0. The molecule has 10 nitrogen and oxygen atoms in total. The van der Waals surface area contributed by atoms with E-state index in [2.05, 4.69) is 15.4 Å². The Morgan fingerprint density at radius 2 is 1.91 bits per heavy atom. The quantitative estimate of drug-likeness (QED) is 0.294. The summed E-state index contributed by atoms with van der Waals surface area (Å²) in [6.07, 6.45) is 4.32. The molecule has 2 aromatic heterocycles. The molecule has 3 aromatic carbocycles. The van der Waals surface area contributed by atoms with Gasteiger partial charge in [0.1, 0.15) is 22.8 Å². The van der Waals surface area contributed by atoms with Gasteiger partial charge in [0.2, 0.25) is 0 Å². The van der Waals surface area contributed by atoms with Crippen molar-refractivity contribution in [2.45, 2.75) is 18.9 Å². The molecule has 1 N–H and O–H groups in total. The van der Waals surface area contributed by atoms with Crippen LogP contribution in [0, 0.1) is 5.82 Å². The van der Waals surface area contributed by atoms with Crippen molar-refractivity contribution in [2.24, 2.45) is 7.05 Å². The van der Waals surface area contributed by atoms with E-state index < -0.39 is 17.8 Å². The third-order valence-corrected chi connectivity index (χ3v) is 8.24. The Hall–Kier alpha value is -5.45. The van der Waals surface area contributed by atoms with E-state index in [1.54, 1.807) is 24.2 Å². The lowest BCUT2D eigenvalue weighted by Gasteiger charge is -2.38. The number of carbonyl (C=O) groups excluding carboxylic acids is 2. The van der Waals surface area contributed by atoms with Crippen molar-refractivity contribution in [2.75, 3.05) is 26.8 Å². The van der Waals surface area contributed by atoms with Gasteiger partial charge in [-0.1, -0.05) is 12.1 Å². The lowest BCUT2D eigenvalue weighted by Crippen LogP contribution is -2.40. The first kappa shape index (κ1) is 28.3. The maximum Gasteiger partial charge on any atom is 0.256 e. The van der Waals surface area contributed by atoms with Gasteiger partial charge in [0.15, 0.2) is 11.5 Å². The van der Waals surface area contributed by atoms with E-state index in [4.69, 9.17) is 14.2 Å². The molecule has 1 atom stereocenters. The number of hydrogen-bond donors (Lipinski definition) is 1. The number of rotatable bonds is 2. The fourth-order valence-electron chi connectivity index (χ4n) is 5.96. The number of benzene rings is 3. The molecule has 0 aliphatic carbocycles. The molecule has 1 unspecified atom stereocenters. The van der Waals surface area contributed by atoms with Gasteiger partial charge in [-0.3, -0.25) is 19.3 Å². The van der Waals surface area contributed by atoms with Gasteiger partial charge in [0.05, 0.1) is 42.6 Å². The number of aromatic nitrogens is 3. The van der Waals surface area contributed by atoms with Crippen LogP contribution in [0.2, 0.25) is 0 Å². The standard InChI is InChI=1S/C34H30FN5O5/c1-39-29-15-22(18-37-28(29)19-38-39)34(42)40-12-10-20-14-23-5-7-25(20)32(40)21-4-9-30(43-2)31(16-21)44-13-3-11-36-33(41)26-17-24(45-23)6-8-27(26)35/h4-9,14-19,32H,3,10-13H2,1-2H3,(H,36,41). The molecule has 11 heteroatoms. The Kier molecular flexibility index (Phi) is 7.28. The van der Waals surface area contributed by atoms with Crippen molar-refractivity contribution >= 4 is 22.8 Å². The molecule has 3 aliphatic rings. The first-order valence-corrected chi connectivity index (χ1v) is 14.7. The van der Waals surface area contributed by atoms with Crippen molar-refractivity contribution in [3.05, 3.63) is 107 Å². The Labute approximate surface area is 258 Å². The number of fused-ring (bicyclic) bond motifs is 7. The number of nitrogens with one attached hydrogen (secondary N) is 1. The van der Waals surface area contributed by atoms with E-state index in [1.165, 1.54) is 18.2 Å². The summed E-state index contributed by atoms with van der Waals surface area (Å²) in [7, 11) is 3.39. The van der Waals surface area contributed by atoms with Crippen LogP contribution in [0.15, 0.2) is 73.1 Å². The minimum atomic E-state index is -0.636. The first-order valence-electron chi connectivity index (χ1n) is 14.7. The number of halogens is 1. The zero-order valence-corrected chi connectivity index (χ0v) is 24.7. The summed E-state index contributed by atoms with van der Waals surface area (Å²) in [5.41, 5.74) is 4.63. The SMILES string of the molecule is COc1ccc2cc1OCCCNC(=O)c1cc(ccc1F)Oc1ccc3c(c1)CCN(C(=O)c1cnc4cnn(C)c4c1)C23. The predicted molar refractivity (Wildman–Crippen MR) is 163 cm³/mol. The molecule has 0 fully saturated rings. The van der Waals surface area contributed by atoms with Gasteiger partial charge in [-0.25, -0.2) is 4.39 Å². The van der Waals surface area contributed by atoms with Crippen LogP contribution in [-0.2, 0) is 13.5 Å². The molecule has 0 saturated carbocycles. The summed E-state index contributed by atoms with van der Waals surface area (Å²) in [4.78, 5) is 33.3. The van der Waals surface area contributed by atoms with Crippen LogP contribution in [-0.4, -0.2) is 58.3 Å². The lowest BCUT2D eigenvalue weighted by atomic mass is 9.87. The third kappa shape index (κ3) is 5.30. The zero-order chi connectivity index (χ0) is 31.1. The lowest BCUT2D eigenvalue weighted by molar-refractivity contribution is 0.0693. The van der Waals surface area contributed by atoms with Gasteiger partial charge < -0.3 is 24.4 Å². The van der Waals surface area contributed by atoms with E-state index in [0.29, 0.717) is 53.5 Å². The first-order chi connectivity index (χ1) is 21.9. The molecule has 0 spiro atoms. The van der Waals surface area contributed by atoms with E-state index in [-0.39, 0.29) is 24.6 Å². The third-order valence-electron chi connectivity index (χ3n) is 8.24. The van der Waals surface area contributed by atoms with Gasteiger partial charge in [0.25, 0.3) is 11.8 Å². The predicted octanol–water partition coefficient (Wildman–Crippen LogP) is 5.21. The summed E-state index contributed by atoms with van der Waals surface area (Å²) in [5, 5.41) is 7.01. The number of methoxy groups -OCH3 is 1. The minimum Gasteiger partial charge on any atom is -0.493 e. The number of hydrogen-bond acceptors (Lipinski definition) is 7. The molecular weight excluding hydrogens is 577 g/mol. The molecule has 45 heavy (non-hydrogen) atoms. The van der Waals surface area contributed by atoms with Crippen LogP contribution in [0.5, 0.6) is 23.0 Å². The van der Waals surface area contributed by atoms with Crippen LogP contribution in [0.25, 0.3) is 11.0 Å². The number of amides is 2. The average Bonchev–Trinajstić information content (AvgIpc) is 3.43. The van der Waals surface area contributed by atoms with Crippen LogP contribution in [0.1, 0.15) is 49.9 Å². The van der Waals surface area contributed by atoms with Gasteiger partial charge in [-0.05, 0) is 78.1 Å². The highest BCUT2D eigenvalue weighted by Gasteiger charge is 2.34. The van der Waals surface area contributed by atoms with Crippen molar-refractivity contribution in [1.82, 2.24) is 25.0 Å². The minimum absolute atomic E-state index is 0.102. The summed E-state index contributed by atoms with van der Waals surface area (Å²) >= 11 is 0. The second kappa shape index (κ2) is 11.6. The van der Waals surface area contributed by atoms with Crippen LogP contribution < -0.4 is 19.5 Å². The van der Waals surface area contributed by atoms with Gasteiger partial charge in [-0.15, -0.1) is 0 Å². The fourth-order valence-corrected chi connectivity index (χ4v) is 5.96. The summed E-state index contributed by atoms with van der Waals surface area (Å²) in [6, 6.07) is 16.9. The Morgan fingerprint density at radius 3 is 2.78 bits per heavy atom. The molecule has 228 valence electrons. The molecule has 5 heterocycles.